The molecule has 0 saturated carbocycles. The predicted molar refractivity (Wildman–Crippen MR) is 130 cm³/mol. The molecule has 0 aliphatic rings. The summed E-state index contributed by atoms with van der Waals surface area (Å²) in [6.45, 7) is 6.15. The minimum absolute atomic E-state index is 0.0461. The molecule has 4 aromatic rings. The average Bonchev–Trinajstić information content (AvgIpc) is 3.26. The van der Waals surface area contributed by atoms with Gasteiger partial charge in [0.25, 0.3) is 5.91 Å². The van der Waals surface area contributed by atoms with Gasteiger partial charge in [0.15, 0.2) is 0 Å². The van der Waals surface area contributed by atoms with Crippen LogP contribution in [0, 0.1) is 13.8 Å². The van der Waals surface area contributed by atoms with Crippen molar-refractivity contribution in [1.29, 1.82) is 0 Å². The van der Waals surface area contributed by atoms with Crippen LogP contribution in [-0.4, -0.2) is 21.7 Å². The van der Waals surface area contributed by atoms with Crippen LogP contribution in [0.25, 0.3) is 16.9 Å². The van der Waals surface area contributed by atoms with Crippen LogP contribution in [0.1, 0.15) is 40.5 Å². The first kappa shape index (κ1) is 21.6. The maximum absolute atomic E-state index is 13.3. The second kappa shape index (κ2) is 9.65. The lowest BCUT2D eigenvalue weighted by Gasteiger charge is -2.15. The van der Waals surface area contributed by atoms with E-state index in [0.717, 1.165) is 40.9 Å². The van der Waals surface area contributed by atoms with Crippen molar-refractivity contribution in [3.8, 4) is 16.9 Å². The van der Waals surface area contributed by atoms with E-state index >= 15 is 0 Å². The number of carbonyl (C=O) groups excluding carboxylic acids is 1. The molecule has 4 heteroatoms. The second-order valence-corrected chi connectivity index (χ2v) is 8.38. The van der Waals surface area contributed by atoms with Crippen LogP contribution in [-0.2, 0) is 6.42 Å². The summed E-state index contributed by atoms with van der Waals surface area (Å²) in [5.41, 5.74) is 6.73. The van der Waals surface area contributed by atoms with Crippen LogP contribution in [0.2, 0.25) is 0 Å². The number of hydrogen-bond acceptors (Lipinski definition) is 2. The number of nitrogens with one attached hydrogen (secondary N) is 1. The molecule has 1 atom stereocenters. The van der Waals surface area contributed by atoms with E-state index in [1.807, 2.05) is 61.5 Å². The number of benzene rings is 3. The zero-order valence-electron chi connectivity index (χ0n) is 18.9. The van der Waals surface area contributed by atoms with E-state index in [0.29, 0.717) is 5.69 Å². The van der Waals surface area contributed by atoms with Gasteiger partial charge in [-0.15, -0.1) is 0 Å². The Kier molecular flexibility index (Phi) is 6.50. The Hall–Kier alpha value is -3.66. The van der Waals surface area contributed by atoms with Gasteiger partial charge in [0, 0.05) is 11.6 Å². The van der Waals surface area contributed by atoms with E-state index in [4.69, 9.17) is 5.10 Å². The largest absolute Gasteiger partial charge is 0.348 e. The van der Waals surface area contributed by atoms with E-state index in [9.17, 15) is 4.79 Å². The molecule has 0 fully saturated rings. The molecule has 0 saturated heterocycles. The van der Waals surface area contributed by atoms with Crippen LogP contribution in [0.5, 0.6) is 0 Å². The van der Waals surface area contributed by atoms with Crippen LogP contribution >= 0.6 is 0 Å². The molecule has 3 aromatic carbocycles. The van der Waals surface area contributed by atoms with Gasteiger partial charge in [-0.25, -0.2) is 4.68 Å². The number of nitrogens with zero attached hydrogens (tertiary/aromatic N) is 2. The number of aromatic nitrogens is 2. The third kappa shape index (κ3) is 4.97. The predicted octanol–water partition coefficient (Wildman–Crippen LogP) is 5.91. The Morgan fingerprint density at radius 1 is 0.938 bits per heavy atom. The highest BCUT2D eigenvalue weighted by atomic mass is 16.2. The maximum Gasteiger partial charge on any atom is 0.270 e. The van der Waals surface area contributed by atoms with Gasteiger partial charge < -0.3 is 5.32 Å². The Bertz CT molecular complexity index is 1200. The number of carbonyl (C=O) groups is 1. The number of hydrogen-bond donors (Lipinski definition) is 1. The van der Waals surface area contributed by atoms with Crippen molar-refractivity contribution < 1.29 is 4.79 Å². The summed E-state index contributed by atoms with van der Waals surface area (Å²) in [5, 5.41) is 8.01. The van der Waals surface area contributed by atoms with Gasteiger partial charge >= 0.3 is 0 Å². The first-order valence-electron chi connectivity index (χ1n) is 11.1. The smallest absolute Gasteiger partial charge is 0.270 e. The molecule has 4 rings (SSSR count). The highest BCUT2D eigenvalue weighted by molar-refractivity contribution is 5.94. The molecule has 4 nitrogen and oxygen atoms in total. The lowest BCUT2D eigenvalue weighted by molar-refractivity contribution is 0.0930. The maximum atomic E-state index is 13.3. The monoisotopic (exact) mass is 423 g/mol. The van der Waals surface area contributed by atoms with Gasteiger partial charge in [0.1, 0.15) is 5.69 Å². The molecule has 1 aromatic heterocycles. The third-order valence-corrected chi connectivity index (χ3v) is 5.69. The molecule has 162 valence electrons. The minimum Gasteiger partial charge on any atom is -0.348 e. The molecule has 0 radical (unpaired) electrons. The fourth-order valence-corrected chi connectivity index (χ4v) is 3.82. The highest BCUT2D eigenvalue weighted by Crippen LogP contribution is 2.24. The highest BCUT2D eigenvalue weighted by Gasteiger charge is 2.20. The zero-order chi connectivity index (χ0) is 22.5. The second-order valence-electron chi connectivity index (χ2n) is 8.38. The average molecular weight is 424 g/mol. The van der Waals surface area contributed by atoms with Gasteiger partial charge in [-0.2, -0.15) is 5.10 Å². The Morgan fingerprint density at radius 3 is 2.34 bits per heavy atom. The zero-order valence-corrected chi connectivity index (χ0v) is 18.9. The van der Waals surface area contributed by atoms with Crippen LogP contribution in [0.3, 0.4) is 0 Å². The van der Waals surface area contributed by atoms with Crippen molar-refractivity contribution in [1.82, 2.24) is 15.1 Å². The number of aryl methyl sites for hydroxylation is 3. The molecule has 1 amide bonds. The quantitative estimate of drug-likeness (QED) is 0.402. The van der Waals surface area contributed by atoms with Crippen LogP contribution in [0.4, 0.5) is 0 Å². The summed E-state index contributed by atoms with van der Waals surface area (Å²) in [7, 11) is 0. The fourth-order valence-electron chi connectivity index (χ4n) is 3.82. The molecule has 0 aliphatic heterocycles. The van der Waals surface area contributed by atoms with Crippen molar-refractivity contribution >= 4 is 5.91 Å². The Morgan fingerprint density at radius 2 is 1.62 bits per heavy atom. The molecule has 1 heterocycles. The van der Waals surface area contributed by atoms with Crippen LogP contribution < -0.4 is 5.32 Å². The molecular weight excluding hydrogens is 394 g/mol. The molecule has 1 unspecified atom stereocenters. The van der Waals surface area contributed by atoms with Crippen molar-refractivity contribution in [3.63, 3.8) is 0 Å². The molecule has 32 heavy (non-hydrogen) atoms. The minimum atomic E-state index is -0.110. The SMILES string of the molecule is Cc1ccc(C)c(-n2nc(-c3ccccc3)cc2C(=O)NC(C)CCc2ccccc2)c1. The standard InChI is InChI=1S/C28H29N3O/c1-20-14-15-21(2)26(18-20)31-27(19-25(30-31)24-12-8-5-9-13-24)28(32)29-22(3)16-17-23-10-6-4-7-11-23/h4-15,18-19,22H,16-17H2,1-3H3,(H,29,32). The third-order valence-electron chi connectivity index (χ3n) is 5.69. The number of amides is 1. The molecule has 0 bridgehead atoms. The van der Waals surface area contributed by atoms with E-state index < -0.39 is 0 Å². The molecule has 0 aliphatic carbocycles. The van der Waals surface area contributed by atoms with Crippen molar-refractivity contribution in [2.75, 3.05) is 0 Å². The van der Waals surface area contributed by atoms with Gasteiger partial charge in [-0.1, -0.05) is 72.8 Å². The van der Waals surface area contributed by atoms with E-state index in [1.165, 1.54) is 5.56 Å². The van der Waals surface area contributed by atoms with E-state index in [1.54, 1.807) is 4.68 Å². The molecule has 0 spiro atoms. The lowest BCUT2D eigenvalue weighted by Crippen LogP contribution is -2.34. The van der Waals surface area contributed by atoms with E-state index in [2.05, 4.69) is 49.5 Å². The summed E-state index contributed by atoms with van der Waals surface area (Å²) in [4.78, 5) is 13.3. The summed E-state index contributed by atoms with van der Waals surface area (Å²) >= 11 is 0. The Labute approximate surface area is 189 Å². The van der Waals surface area contributed by atoms with Crippen molar-refractivity contribution in [2.24, 2.45) is 0 Å². The van der Waals surface area contributed by atoms with Gasteiger partial charge in [-0.05, 0) is 62.4 Å². The molecule has 1 N–H and O–H groups in total. The first-order chi connectivity index (χ1) is 15.5. The van der Waals surface area contributed by atoms with E-state index in [-0.39, 0.29) is 11.9 Å². The fraction of sp³-hybridized carbons (Fsp3) is 0.214. The van der Waals surface area contributed by atoms with Crippen molar-refractivity contribution in [3.05, 3.63) is 107 Å². The van der Waals surface area contributed by atoms with Crippen molar-refractivity contribution in [2.45, 2.75) is 39.7 Å². The normalized spacial score (nSPS) is 11.8. The number of rotatable bonds is 7. The van der Waals surface area contributed by atoms with Crippen LogP contribution in [0.15, 0.2) is 84.9 Å². The summed E-state index contributed by atoms with van der Waals surface area (Å²) < 4.78 is 1.78. The summed E-state index contributed by atoms with van der Waals surface area (Å²) in [6, 6.07) is 28.5. The Balaban J connectivity index is 1.62. The van der Waals surface area contributed by atoms with Gasteiger partial charge in [-0.3, -0.25) is 4.79 Å². The summed E-state index contributed by atoms with van der Waals surface area (Å²) in [6.07, 6.45) is 1.80. The lowest BCUT2D eigenvalue weighted by atomic mass is 10.1. The molecular formula is C28H29N3O. The first-order valence-corrected chi connectivity index (χ1v) is 11.1. The topological polar surface area (TPSA) is 46.9 Å². The summed E-state index contributed by atoms with van der Waals surface area (Å²) in [5.74, 6) is -0.110. The van der Waals surface area contributed by atoms with Gasteiger partial charge in [0.2, 0.25) is 0 Å². The van der Waals surface area contributed by atoms with Gasteiger partial charge in [0.05, 0.1) is 11.4 Å².